The molecule has 2 N–H and O–H groups in total. The largest absolute Gasteiger partial charge is 0.377 e. The van der Waals surface area contributed by atoms with Crippen molar-refractivity contribution in [2.24, 2.45) is 0 Å². The molecule has 0 amide bonds. The summed E-state index contributed by atoms with van der Waals surface area (Å²) in [5.41, 5.74) is 0.155. The molecule has 16 heavy (non-hydrogen) atoms. The summed E-state index contributed by atoms with van der Waals surface area (Å²) in [6.45, 7) is 9.13. The Morgan fingerprint density at radius 1 is 1.38 bits per heavy atom. The molecule has 0 aromatic rings. The molecule has 4 heteroatoms. The summed E-state index contributed by atoms with van der Waals surface area (Å²) in [4.78, 5) is 0. The summed E-state index contributed by atoms with van der Waals surface area (Å²) >= 11 is 0. The van der Waals surface area contributed by atoms with Crippen LogP contribution in [0.4, 0.5) is 0 Å². The summed E-state index contributed by atoms with van der Waals surface area (Å²) < 4.78 is 11.3. The van der Waals surface area contributed by atoms with Gasteiger partial charge in [-0.3, -0.25) is 0 Å². The lowest BCUT2D eigenvalue weighted by Gasteiger charge is -2.30. The average molecular weight is 228 g/mol. The van der Waals surface area contributed by atoms with E-state index in [4.69, 9.17) is 9.47 Å². The van der Waals surface area contributed by atoms with E-state index < -0.39 is 0 Å². The van der Waals surface area contributed by atoms with Gasteiger partial charge in [0, 0.05) is 25.2 Å². The van der Waals surface area contributed by atoms with Crippen LogP contribution in [0.1, 0.15) is 26.7 Å². The van der Waals surface area contributed by atoms with Gasteiger partial charge in [-0.2, -0.15) is 0 Å². The van der Waals surface area contributed by atoms with Crippen molar-refractivity contribution in [3.05, 3.63) is 0 Å². The van der Waals surface area contributed by atoms with Crippen molar-refractivity contribution in [2.45, 2.75) is 44.4 Å². The molecule has 0 radical (unpaired) electrons. The highest BCUT2D eigenvalue weighted by Crippen LogP contribution is 2.24. The van der Waals surface area contributed by atoms with Gasteiger partial charge in [-0.05, 0) is 33.2 Å². The van der Waals surface area contributed by atoms with E-state index in [0.717, 1.165) is 45.7 Å². The molecule has 2 heterocycles. The van der Waals surface area contributed by atoms with Crippen molar-refractivity contribution in [3.63, 3.8) is 0 Å². The van der Waals surface area contributed by atoms with Gasteiger partial charge >= 0.3 is 0 Å². The van der Waals surface area contributed by atoms with Crippen molar-refractivity contribution in [1.82, 2.24) is 10.6 Å². The predicted octanol–water partition coefficient (Wildman–Crippen LogP) is 0.522. The molecule has 0 aliphatic carbocycles. The zero-order chi connectivity index (χ0) is 11.4. The molecule has 3 unspecified atom stereocenters. The second-order valence-corrected chi connectivity index (χ2v) is 5.09. The molecule has 0 aromatic heterocycles. The van der Waals surface area contributed by atoms with Crippen LogP contribution < -0.4 is 10.6 Å². The van der Waals surface area contributed by atoms with Crippen LogP contribution in [0.25, 0.3) is 0 Å². The molecule has 2 rings (SSSR count). The van der Waals surface area contributed by atoms with Crippen molar-refractivity contribution in [2.75, 3.05) is 32.8 Å². The first-order valence-electron chi connectivity index (χ1n) is 6.40. The first-order chi connectivity index (χ1) is 7.71. The quantitative estimate of drug-likeness (QED) is 0.736. The highest BCUT2D eigenvalue weighted by molar-refractivity contribution is 4.93. The first-order valence-corrected chi connectivity index (χ1v) is 6.40. The first kappa shape index (κ1) is 12.3. The summed E-state index contributed by atoms with van der Waals surface area (Å²) in [6.07, 6.45) is 2.88. The highest BCUT2D eigenvalue weighted by atomic mass is 16.5. The SMILES string of the molecule is CC1OCCC1(C)NCCC1CNCCO1. The van der Waals surface area contributed by atoms with Crippen LogP contribution in [-0.2, 0) is 9.47 Å². The molecule has 2 aliphatic heterocycles. The zero-order valence-electron chi connectivity index (χ0n) is 10.4. The number of nitrogens with one attached hydrogen (secondary N) is 2. The van der Waals surface area contributed by atoms with Gasteiger partial charge in [-0.25, -0.2) is 0 Å². The van der Waals surface area contributed by atoms with Crippen molar-refractivity contribution >= 4 is 0 Å². The van der Waals surface area contributed by atoms with Crippen LogP contribution in [0.3, 0.4) is 0 Å². The minimum absolute atomic E-state index is 0.155. The monoisotopic (exact) mass is 228 g/mol. The Bertz CT molecular complexity index is 219. The summed E-state index contributed by atoms with van der Waals surface area (Å²) in [5.74, 6) is 0. The Kier molecular flexibility index (Phi) is 4.19. The minimum Gasteiger partial charge on any atom is -0.377 e. The van der Waals surface area contributed by atoms with Crippen molar-refractivity contribution < 1.29 is 9.47 Å². The van der Waals surface area contributed by atoms with Gasteiger partial charge in [0.15, 0.2) is 0 Å². The molecule has 0 spiro atoms. The van der Waals surface area contributed by atoms with E-state index >= 15 is 0 Å². The van der Waals surface area contributed by atoms with Crippen LogP contribution in [0.15, 0.2) is 0 Å². The Hall–Kier alpha value is -0.160. The van der Waals surface area contributed by atoms with Crippen LogP contribution in [0, 0.1) is 0 Å². The van der Waals surface area contributed by atoms with Gasteiger partial charge in [0.25, 0.3) is 0 Å². The molecule has 2 aliphatic rings. The Balaban J connectivity index is 1.66. The van der Waals surface area contributed by atoms with E-state index in [0.29, 0.717) is 12.2 Å². The average Bonchev–Trinajstić information content (AvgIpc) is 2.61. The Morgan fingerprint density at radius 2 is 2.25 bits per heavy atom. The summed E-state index contributed by atoms with van der Waals surface area (Å²) in [7, 11) is 0. The van der Waals surface area contributed by atoms with Gasteiger partial charge in [-0.15, -0.1) is 0 Å². The van der Waals surface area contributed by atoms with Gasteiger partial charge < -0.3 is 20.1 Å². The van der Waals surface area contributed by atoms with E-state index in [-0.39, 0.29) is 5.54 Å². The molecule has 2 saturated heterocycles. The van der Waals surface area contributed by atoms with Crippen LogP contribution >= 0.6 is 0 Å². The molecule has 3 atom stereocenters. The number of hydrogen-bond acceptors (Lipinski definition) is 4. The van der Waals surface area contributed by atoms with Crippen LogP contribution in [0.2, 0.25) is 0 Å². The van der Waals surface area contributed by atoms with E-state index in [9.17, 15) is 0 Å². The predicted molar refractivity (Wildman–Crippen MR) is 63.7 cm³/mol. The second-order valence-electron chi connectivity index (χ2n) is 5.09. The highest BCUT2D eigenvalue weighted by Gasteiger charge is 2.36. The van der Waals surface area contributed by atoms with Gasteiger partial charge in [0.05, 0.1) is 18.8 Å². The summed E-state index contributed by atoms with van der Waals surface area (Å²) in [5, 5.41) is 6.98. The summed E-state index contributed by atoms with van der Waals surface area (Å²) in [6, 6.07) is 0. The van der Waals surface area contributed by atoms with E-state index in [2.05, 4.69) is 24.5 Å². The smallest absolute Gasteiger partial charge is 0.0726 e. The molecule has 0 bridgehead atoms. The number of hydrogen-bond donors (Lipinski definition) is 2. The Morgan fingerprint density at radius 3 is 2.88 bits per heavy atom. The number of rotatable bonds is 4. The number of ether oxygens (including phenoxy) is 2. The maximum atomic E-state index is 5.67. The Labute approximate surface area is 98.1 Å². The third kappa shape index (κ3) is 2.94. The molecule has 2 fully saturated rings. The second kappa shape index (κ2) is 5.45. The molecule has 0 aromatic carbocycles. The molecular weight excluding hydrogens is 204 g/mol. The number of morpholine rings is 1. The van der Waals surface area contributed by atoms with Crippen molar-refractivity contribution in [1.29, 1.82) is 0 Å². The molecule has 4 nitrogen and oxygen atoms in total. The fourth-order valence-corrected chi connectivity index (χ4v) is 2.39. The van der Waals surface area contributed by atoms with E-state index in [1.54, 1.807) is 0 Å². The maximum absolute atomic E-state index is 5.67. The molecule has 0 saturated carbocycles. The van der Waals surface area contributed by atoms with Gasteiger partial charge in [0.1, 0.15) is 0 Å². The lowest BCUT2D eigenvalue weighted by molar-refractivity contribution is 0.0212. The molecular formula is C12H24N2O2. The van der Waals surface area contributed by atoms with Gasteiger partial charge in [-0.1, -0.05) is 0 Å². The fourth-order valence-electron chi connectivity index (χ4n) is 2.39. The third-order valence-corrected chi connectivity index (χ3v) is 3.89. The maximum Gasteiger partial charge on any atom is 0.0726 e. The topological polar surface area (TPSA) is 42.5 Å². The standard InChI is InChI=1S/C12H24N2O2/c1-10-12(2,4-7-15-10)14-5-3-11-9-13-6-8-16-11/h10-11,13-14H,3-9H2,1-2H3. The van der Waals surface area contributed by atoms with E-state index in [1.165, 1.54) is 0 Å². The van der Waals surface area contributed by atoms with Gasteiger partial charge in [0.2, 0.25) is 0 Å². The minimum atomic E-state index is 0.155. The van der Waals surface area contributed by atoms with Crippen LogP contribution in [0.5, 0.6) is 0 Å². The normalized spacial score (nSPS) is 40.1. The van der Waals surface area contributed by atoms with E-state index in [1.807, 2.05) is 0 Å². The lowest BCUT2D eigenvalue weighted by atomic mass is 9.94. The third-order valence-electron chi connectivity index (χ3n) is 3.89. The van der Waals surface area contributed by atoms with Crippen molar-refractivity contribution in [3.8, 4) is 0 Å². The lowest BCUT2D eigenvalue weighted by Crippen LogP contribution is -2.49. The van der Waals surface area contributed by atoms with Crippen LogP contribution in [-0.4, -0.2) is 50.6 Å². The zero-order valence-corrected chi connectivity index (χ0v) is 10.4. The molecule has 94 valence electrons. The fraction of sp³-hybridized carbons (Fsp3) is 1.00.